The normalized spacial score (nSPS) is 19.6. The molecule has 3 N–H and O–H groups in total. The van der Waals surface area contributed by atoms with Crippen molar-refractivity contribution in [2.45, 2.75) is 31.7 Å². The number of benzene rings is 2. The van der Waals surface area contributed by atoms with Crippen LogP contribution >= 0.6 is 0 Å². The molecule has 34 heavy (non-hydrogen) atoms. The zero-order valence-electron chi connectivity index (χ0n) is 19.3. The molecule has 0 aliphatic carbocycles. The summed E-state index contributed by atoms with van der Waals surface area (Å²) in [7, 11) is 2.47. The molecule has 0 saturated carbocycles. The lowest BCUT2D eigenvalue weighted by molar-refractivity contribution is -0.139. The lowest BCUT2D eigenvalue weighted by atomic mass is 9.81. The maximum Gasteiger partial charge on any atom is 0.355 e. The van der Waals surface area contributed by atoms with Gasteiger partial charge < -0.3 is 20.5 Å². The van der Waals surface area contributed by atoms with Gasteiger partial charge in [0.05, 0.1) is 37.4 Å². The predicted molar refractivity (Wildman–Crippen MR) is 127 cm³/mol. The van der Waals surface area contributed by atoms with Crippen LogP contribution in [0.15, 0.2) is 71.2 Å². The number of fused-ring (bicyclic) bond motifs is 1. The Balaban J connectivity index is 1.99. The van der Waals surface area contributed by atoms with Crippen molar-refractivity contribution in [3.63, 3.8) is 0 Å². The predicted octanol–water partition coefficient (Wildman–Crippen LogP) is 3.33. The van der Waals surface area contributed by atoms with E-state index in [0.717, 1.165) is 24.1 Å². The lowest BCUT2D eigenvalue weighted by Gasteiger charge is -2.36. The van der Waals surface area contributed by atoms with E-state index in [1.807, 2.05) is 18.2 Å². The Bertz CT molecular complexity index is 1240. The third-order valence-electron chi connectivity index (χ3n) is 6.21. The zero-order valence-corrected chi connectivity index (χ0v) is 19.3. The Kier molecular flexibility index (Phi) is 6.28. The average molecular weight is 459 g/mol. The molecule has 0 saturated heterocycles. The molecule has 0 spiro atoms. The number of carbonyl (C=O) groups excluding carboxylic acids is 2. The SMILES string of the molecule is COC(=O)C1=C(C(=O)OC)N(c2ccc3c(c2)CCC(C)N3)C(N)=C(C#N)C1c1ccccc1. The first kappa shape index (κ1) is 22.9. The third kappa shape index (κ3) is 3.86. The van der Waals surface area contributed by atoms with E-state index in [4.69, 9.17) is 15.2 Å². The van der Waals surface area contributed by atoms with Crippen LogP contribution in [0.3, 0.4) is 0 Å². The number of anilines is 2. The van der Waals surface area contributed by atoms with Crippen LogP contribution < -0.4 is 16.0 Å². The molecule has 174 valence electrons. The topological polar surface area (TPSA) is 118 Å². The Morgan fingerprint density at radius 2 is 1.82 bits per heavy atom. The number of methoxy groups -OCH3 is 2. The number of rotatable bonds is 4. The summed E-state index contributed by atoms with van der Waals surface area (Å²) in [5.74, 6) is -2.33. The maximum absolute atomic E-state index is 13.1. The van der Waals surface area contributed by atoms with E-state index in [1.165, 1.54) is 19.1 Å². The van der Waals surface area contributed by atoms with Crippen molar-refractivity contribution in [2.75, 3.05) is 24.4 Å². The van der Waals surface area contributed by atoms with E-state index in [1.54, 1.807) is 30.3 Å². The number of esters is 2. The van der Waals surface area contributed by atoms with Crippen molar-refractivity contribution in [1.29, 1.82) is 5.26 Å². The molecule has 0 bridgehead atoms. The number of nitrogens with one attached hydrogen (secondary N) is 1. The molecule has 0 fully saturated rings. The second-order valence-electron chi connectivity index (χ2n) is 8.26. The van der Waals surface area contributed by atoms with Gasteiger partial charge in [0.2, 0.25) is 0 Å². The number of ether oxygens (including phenoxy) is 2. The van der Waals surface area contributed by atoms with E-state index in [-0.39, 0.29) is 22.7 Å². The third-order valence-corrected chi connectivity index (χ3v) is 6.21. The zero-order chi connectivity index (χ0) is 24.4. The Labute approximate surface area is 198 Å². The minimum Gasteiger partial charge on any atom is -0.466 e. The van der Waals surface area contributed by atoms with Crippen LogP contribution in [0.25, 0.3) is 0 Å². The minimum absolute atomic E-state index is 0.00392. The van der Waals surface area contributed by atoms with E-state index < -0.39 is 17.9 Å². The van der Waals surface area contributed by atoms with Crippen LogP contribution in [0.5, 0.6) is 0 Å². The van der Waals surface area contributed by atoms with Crippen molar-refractivity contribution in [3.05, 3.63) is 82.3 Å². The van der Waals surface area contributed by atoms with E-state index in [9.17, 15) is 14.9 Å². The molecule has 0 aromatic heterocycles. The second kappa shape index (κ2) is 9.32. The molecule has 2 aromatic carbocycles. The molecule has 0 radical (unpaired) electrons. The molecule has 4 rings (SSSR count). The molecule has 2 heterocycles. The Morgan fingerprint density at radius 3 is 2.47 bits per heavy atom. The molecule has 2 aliphatic rings. The fourth-order valence-corrected chi connectivity index (χ4v) is 4.56. The molecular weight excluding hydrogens is 432 g/mol. The number of nitriles is 1. The number of nitrogens with two attached hydrogens (primary N) is 1. The van der Waals surface area contributed by atoms with Crippen molar-refractivity contribution in [1.82, 2.24) is 0 Å². The molecule has 2 atom stereocenters. The summed E-state index contributed by atoms with van der Waals surface area (Å²) in [6, 6.07) is 17.1. The van der Waals surface area contributed by atoms with Gasteiger partial charge in [0, 0.05) is 17.4 Å². The summed E-state index contributed by atoms with van der Waals surface area (Å²) in [6.07, 6.45) is 1.79. The number of nitrogens with zero attached hydrogens (tertiary/aromatic N) is 2. The summed E-state index contributed by atoms with van der Waals surface area (Å²) >= 11 is 0. The van der Waals surface area contributed by atoms with Gasteiger partial charge in [-0.05, 0) is 49.1 Å². The van der Waals surface area contributed by atoms with Crippen LogP contribution in [0.2, 0.25) is 0 Å². The number of allylic oxidation sites excluding steroid dienone is 1. The quantitative estimate of drug-likeness (QED) is 0.670. The number of aryl methyl sites for hydroxylation is 1. The minimum atomic E-state index is -0.885. The highest BCUT2D eigenvalue weighted by Crippen LogP contribution is 2.44. The van der Waals surface area contributed by atoms with E-state index in [2.05, 4.69) is 18.3 Å². The molecule has 8 nitrogen and oxygen atoms in total. The summed E-state index contributed by atoms with van der Waals surface area (Å²) in [6.45, 7) is 2.12. The van der Waals surface area contributed by atoms with Crippen LogP contribution in [0.4, 0.5) is 11.4 Å². The lowest BCUT2D eigenvalue weighted by Crippen LogP contribution is -2.40. The maximum atomic E-state index is 13.1. The van der Waals surface area contributed by atoms with Gasteiger partial charge in [-0.15, -0.1) is 0 Å². The van der Waals surface area contributed by atoms with Crippen LogP contribution in [0, 0.1) is 11.3 Å². The van der Waals surface area contributed by atoms with Crippen LogP contribution in [-0.2, 0) is 25.5 Å². The molecule has 8 heteroatoms. The van der Waals surface area contributed by atoms with E-state index >= 15 is 0 Å². The van der Waals surface area contributed by atoms with E-state index in [0.29, 0.717) is 17.3 Å². The molecule has 0 amide bonds. The molecular formula is C26H26N4O4. The van der Waals surface area contributed by atoms with Crippen LogP contribution in [0.1, 0.15) is 30.4 Å². The van der Waals surface area contributed by atoms with Crippen molar-refractivity contribution in [2.24, 2.45) is 5.73 Å². The smallest absolute Gasteiger partial charge is 0.355 e. The standard InChI is InChI=1S/C26H26N4O4/c1-15-9-10-17-13-18(11-12-20(17)29-15)30-23(26(32)34-3)22(25(31)33-2)21(19(14-27)24(30)28)16-7-5-4-6-8-16/h4-8,11-13,15,21,29H,9-10,28H2,1-3H3. The van der Waals surface area contributed by atoms with Crippen molar-refractivity contribution >= 4 is 23.3 Å². The van der Waals surface area contributed by atoms with Gasteiger partial charge in [0.15, 0.2) is 0 Å². The first-order valence-corrected chi connectivity index (χ1v) is 11.0. The summed E-state index contributed by atoms with van der Waals surface area (Å²) in [5, 5.41) is 13.6. The number of hydrogen-bond donors (Lipinski definition) is 2. The monoisotopic (exact) mass is 458 g/mol. The Morgan fingerprint density at radius 1 is 1.12 bits per heavy atom. The first-order chi connectivity index (χ1) is 16.4. The first-order valence-electron chi connectivity index (χ1n) is 11.0. The van der Waals surface area contributed by atoms with Crippen molar-refractivity contribution in [3.8, 4) is 6.07 Å². The highest BCUT2D eigenvalue weighted by Gasteiger charge is 2.43. The van der Waals surface area contributed by atoms with Gasteiger partial charge in [-0.3, -0.25) is 4.90 Å². The summed E-state index contributed by atoms with van der Waals surface area (Å²) in [5.41, 5.74) is 9.85. The molecule has 2 aliphatic heterocycles. The van der Waals surface area contributed by atoms with Gasteiger partial charge in [0.1, 0.15) is 11.5 Å². The molecule has 2 unspecified atom stereocenters. The number of hydrogen-bond acceptors (Lipinski definition) is 8. The highest BCUT2D eigenvalue weighted by molar-refractivity contribution is 6.06. The fourth-order valence-electron chi connectivity index (χ4n) is 4.56. The van der Waals surface area contributed by atoms with Gasteiger partial charge in [-0.25, -0.2) is 9.59 Å². The summed E-state index contributed by atoms with van der Waals surface area (Å²) < 4.78 is 10.1. The van der Waals surface area contributed by atoms with Gasteiger partial charge in [-0.1, -0.05) is 30.3 Å². The molecule has 2 aromatic rings. The Hall–Kier alpha value is -4.25. The number of carbonyl (C=O) groups is 2. The largest absolute Gasteiger partial charge is 0.466 e. The average Bonchev–Trinajstić information content (AvgIpc) is 2.87. The van der Waals surface area contributed by atoms with Gasteiger partial charge >= 0.3 is 11.9 Å². The van der Waals surface area contributed by atoms with Crippen LogP contribution in [-0.4, -0.2) is 32.2 Å². The summed E-state index contributed by atoms with van der Waals surface area (Å²) in [4.78, 5) is 27.7. The van der Waals surface area contributed by atoms with Crippen molar-refractivity contribution < 1.29 is 19.1 Å². The van der Waals surface area contributed by atoms with Gasteiger partial charge in [-0.2, -0.15) is 5.26 Å². The fraction of sp³-hybridized carbons (Fsp3) is 0.269. The van der Waals surface area contributed by atoms with Gasteiger partial charge in [0.25, 0.3) is 0 Å². The highest BCUT2D eigenvalue weighted by atomic mass is 16.5. The second-order valence-corrected chi connectivity index (χ2v) is 8.26.